The van der Waals surface area contributed by atoms with Gasteiger partial charge in [0.2, 0.25) is 0 Å². The van der Waals surface area contributed by atoms with Gasteiger partial charge >= 0.3 is 0 Å². The first-order chi connectivity index (χ1) is 7.97. The van der Waals surface area contributed by atoms with Crippen molar-refractivity contribution in [1.29, 1.82) is 0 Å². The summed E-state index contributed by atoms with van der Waals surface area (Å²) in [6.45, 7) is 0. The summed E-state index contributed by atoms with van der Waals surface area (Å²) in [7, 11) is 0. The fraction of sp³-hybridized carbons (Fsp3) is 0. The third-order valence-electron chi connectivity index (χ3n) is 1.99. The zero-order valence-corrected chi connectivity index (χ0v) is 12.1. The van der Waals surface area contributed by atoms with Gasteiger partial charge in [-0.3, -0.25) is 14.9 Å². The molecule has 0 saturated carbocycles. The molecule has 1 aromatic carbocycles. The summed E-state index contributed by atoms with van der Waals surface area (Å²) in [5.41, 5.74) is 0.696. The highest BCUT2D eigenvalue weighted by Crippen LogP contribution is 2.34. The molecule has 1 aliphatic rings. The largest absolute Gasteiger partial charge is 0.507 e. The zero-order valence-electron chi connectivity index (χ0n) is 8.16. The average Bonchev–Trinajstić information content (AvgIpc) is 2.54. The number of benzene rings is 1. The van der Waals surface area contributed by atoms with Crippen molar-refractivity contribution in [2.75, 3.05) is 0 Å². The van der Waals surface area contributed by atoms with E-state index in [0.717, 1.165) is 11.8 Å². The Hall–Kier alpha value is -0.790. The Morgan fingerprint density at radius 3 is 2.53 bits per heavy atom. The average molecular weight is 379 g/mol. The summed E-state index contributed by atoms with van der Waals surface area (Å²) in [5, 5.41) is 11.2. The van der Waals surface area contributed by atoms with Gasteiger partial charge in [-0.05, 0) is 51.5 Å². The Labute approximate surface area is 118 Å². The van der Waals surface area contributed by atoms with E-state index in [1.807, 2.05) is 0 Å². The second-order valence-electron chi connectivity index (χ2n) is 3.18. The maximum atomic E-state index is 11.4. The second kappa shape index (κ2) is 4.83. The molecule has 17 heavy (non-hydrogen) atoms. The molecule has 0 bridgehead atoms. The third kappa shape index (κ3) is 2.72. The van der Waals surface area contributed by atoms with E-state index in [4.69, 9.17) is 0 Å². The number of amides is 2. The number of carbonyl (C=O) groups is 2. The number of carbonyl (C=O) groups excluding carboxylic acids is 2. The second-order valence-corrected chi connectivity index (χ2v) is 5.90. The number of halogens is 2. The van der Waals surface area contributed by atoms with Crippen molar-refractivity contribution >= 4 is 60.8 Å². The molecule has 1 aromatic rings. The molecule has 2 amide bonds. The van der Waals surface area contributed by atoms with E-state index in [9.17, 15) is 14.7 Å². The molecule has 2 rings (SSSR count). The van der Waals surface area contributed by atoms with E-state index < -0.39 is 5.91 Å². The van der Waals surface area contributed by atoms with E-state index in [-0.39, 0.29) is 11.0 Å². The summed E-state index contributed by atoms with van der Waals surface area (Å²) >= 11 is 7.30. The normalized spacial score (nSPS) is 17.6. The van der Waals surface area contributed by atoms with Crippen molar-refractivity contribution in [3.63, 3.8) is 0 Å². The Morgan fingerprint density at radius 2 is 1.94 bits per heavy atom. The first-order valence-corrected chi connectivity index (χ1v) is 6.80. The molecule has 88 valence electrons. The zero-order chi connectivity index (χ0) is 12.6. The number of aromatic hydroxyl groups is 1. The van der Waals surface area contributed by atoms with Gasteiger partial charge in [-0.25, -0.2) is 0 Å². The highest BCUT2D eigenvalue weighted by Gasteiger charge is 2.25. The lowest BCUT2D eigenvalue weighted by atomic mass is 10.2. The van der Waals surface area contributed by atoms with Gasteiger partial charge < -0.3 is 5.11 Å². The molecule has 1 saturated heterocycles. The van der Waals surface area contributed by atoms with Crippen molar-refractivity contribution in [2.45, 2.75) is 0 Å². The van der Waals surface area contributed by atoms with Gasteiger partial charge in [0.1, 0.15) is 5.75 Å². The number of hydrogen-bond acceptors (Lipinski definition) is 4. The molecule has 4 nitrogen and oxygen atoms in total. The minimum absolute atomic E-state index is 0.0960. The molecule has 7 heteroatoms. The Kier molecular flexibility index (Phi) is 3.60. The van der Waals surface area contributed by atoms with Crippen LogP contribution in [0.25, 0.3) is 6.08 Å². The van der Waals surface area contributed by atoms with Crippen molar-refractivity contribution in [2.24, 2.45) is 0 Å². The number of phenolic OH excluding ortho intramolecular Hbond substituents is 1. The van der Waals surface area contributed by atoms with Gasteiger partial charge in [-0.15, -0.1) is 0 Å². The maximum absolute atomic E-state index is 11.4. The summed E-state index contributed by atoms with van der Waals surface area (Å²) < 4.78 is 1.15. The SMILES string of the molecule is O=C1NC(=O)/C(=C\c2cc(Br)c(O)cc2Br)S1. The van der Waals surface area contributed by atoms with Crippen LogP contribution in [0.3, 0.4) is 0 Å². The van der Waals surface area contributed by atoms with Crippen LogP contribution in [0.5, 0.6) is 5.75 Å². The Morgan fingerprint density at radius 1 is 1.24 bits per heavy atom. The summed E-state index contributed by atoms with van der Waals surface area (Å²) in [5.74, 6) is -0.310. The van der Waals surface area contributed by atoms with E-state index in [1.165, 1.54) is 6.07 Å². The van der Waals surface area contributed by atoms with Gasteiger partial charge in [0.25, 0.3) is 11.1 Å². The number of imide groups is 1. The number of hydrogen-bond donors (Lipinski definition) is 2. The van der Waals surface area contributed by atoms with Crippen LogP contribution in [0.15, 0.2) is 26.0 Å². The van der Waals surface area contributed by atoms with Crippen molar-refractivity contribution < 1.29 is 14.7 Å². The molecule has 0 aliphatic carbocycles. The molecule has 0 spiro atoms. The van der Waals surface area contributed by atoms with Crippen molar-refractivity contribution in [3.8, 4) is 5.75 Å². The smallest absolute Gasteiger partial charge is 0.290 e. The number of nitrogens with one attached hydrogen (secondary N) is 1. The Balaban J connectivity index is 2.42. The number of rotatable bonds is 1. The van der Waals surface area contributed by atoms with Crippen LogP contribution in [0.4, 0.5) is 4.79 Å². The van der Waals surface area contributed by atoms with E-state index in [0.29, 0.717) is 19.4 Å². The molecule has 2 N–H and O–H groups in total. The van der Waals surface area contributed by atoms with Crippen molar-refractivity contribution in [1.82, 2.24) is 5.32 Å². The van der Waals surface area contributed by atoms with E-state index in [1.54, 1.807) is 12.1 Å². The summed E-state index contributed by atoms with van der Waals surface area (Å²) in [4.78, 5) is 22.7. The molecule has 0 unspecified atom stereocenters. The quantitative estimate of drug-likeness (QED) is 0.736. The molecule has 0 aromatic heterocycles. The first kappa shape index (κ1) is 12.7. The highest BCUT2D eigenvalue weighted by atomic mass is 79.9. The predicted octanol–water partition coefficient (Wildman–Crippen LogP) is 3.24. The van der Waals surface area contributed by atoms with Gasteiger partial charge in [-0.2, -0.15) is 0 Å². The fourth-order valence-corrected chi connectivity index (χ4v) is 2.70. The van der Waals surface area contributed by atoms with Gasteiger partial charge in [0, 0.05) is 4.47 Å². The maximum Gasteiger partial charge on any atom is 0.290 e. The lowest BCUT2D eigenvalue weighted by Gasteiger charge is -2.03. The molecule has 1 aliphatic heterocycles. The molecular weight excluding hydrogens is 374 g/mol. The van der Waals surface area contributed by atoms with Crippen LogP contribution >= 0.6 is 43.6 Å². The van der Waals surface area contributed by atoms with Gasteiger partial charge in [0.15, 0.2) is 0 Å². The minimum atomic E-state index is -0.406. The minimum Gasteiger partial charge on any atom is -0.507 e. The molecule has 1 heterocycles. The van der Waals surface area contributed by atoms with Crippen LogP contribution in [-0.2, 0) is 4.79 Å². The molecule has 1 fully saturated rings. The Bertz CT molecular complexity index is 557. The van der Waals surface area contributed by atoms with Crippen LogP contribution in [0.1, 0.15) is 5.56 Å². The van der Waals surface area contributed by atoms with E-state index >= 15 is 0 Å². The molecule has 0 radical (unpaired) electrons. The number of phenols is 1. The van der Waals surface area contributed by atoms with Crippen LogP contribution in [0.2, 0.25) is 0 Å². The highest BCUT2D eigenvalue weighted by molar-refractivity contribution is 9.11. The monoisotopic (exact) mass is 377 g/mol. The van der Waals surface area contributed by atoms with E-state index in [2.05, 4.69) is 37.2 Å². The third-order valence-corrected chi connectivity index (χ3v) is 4.13. The van der Waals surface area contributed by atoms with Crippen molar-refractivity contribution in [3.05, 3.63) is 31.5 Å². The van der Waals surface area contributed by atoms with Crippen LogP contribution in [-0.4, -0.2) is 16.3 Å². The topological polar surface area (TPSA) is 66.4 Å². The summed E-state index contributed by atoms with van der Waals surface area (Å²) in [6.07, 6.45) is 1.58. The molecule has 0 atom stereocenters. The predicted molar refractivity (Wildman–Crippen MR) is 72.6 cm³/mol. The lowest BCUT2D eigenvalue weighted by molar-refractivity contribution is -0.115. The van der Waals surface area contributed by atoms with Crippen LogP contribution < -0.4 is 5.32 Å². The van der Waals surface area contributed by atoms with Gasteiger partial charge in [0.05, 0.1) is 9.38 Å². The molecular formula is C10H5Br2NO3S. The lowest BCUT2D eigenvalue weighted by Crippen LogP contribution is -2.17. The standard InChI is InChI=1S/C10H5Br2NO3S/c11-5-3-7(14)6(12)1-4(5)2-8-9(15)13-10(16)17-8/h1-3,14H,(H,13,15,16)/b8-2+. The van der Waals surface area contributed by atoms with Crippen LogP contribution in [0, 0.1) is 0 Å². The fourth-order valence-electron chi connectivity index (χ4n) is 1.22. The number of thioether (sulfide) groups is 1. The first-order valence-electron chi connectivity index (χ1n) is 4.40. The summed E-state index contributed by atoms with van der Waals surface area (Å²) in [6, 6.07) is 3.17. The van der Waals surface area contributed by atoms with Gasteiger partial charge in [-0.1, -0.05) is 15.9 Å².